The van der Waals surface area contributed by atoms with Gasteiger partial charge in [-0.15, -0.1) is 0 Å². The Labute approximate surface area is 213 Å². The Morgan fingerprint density at radius 2 is 1.67 bits per heavy atom. The van der Waals surface area contributed by atoms with Crippen molar-refractivity contribution in [1.82, 2.24) is 14.7 Å². The van der Waals surface area contributed by atoms with Crippen molar-refractivity contribution in [2.45, 2.75) is 53.1 Å². The van der Waals surface area contributed by atoms with Gasteiger partial charge in [0.1, 0.15) is 17.7 Å². The van der Waals surface area contributed by atoms with Crippen molar-refractivity contribution in [2.75, 3.05) is 44.5 Å². The van der Waals surface area contributed by atoms with Crippen LogP contribution >= 0.6 is 0 Å². The summed E-state index contributed by atoms with van der Waals surface area (Å²) in [5, 5.41) is 0.891. The van der Waals surface area contributed by atoms with Crippen molar-refractivity contribution < 1.29 is 27.4 Å². The molecule has 11 heteroatoms. The second kappa shape index (κ2) is 10.8. The van der Waals surface area contributed by atoms with Crippen molar-refractivity contribution >= 4 is 32.7 Å². The van der Waals surface area contributed by atoms with Gasteiger partial charge >= 0.3 is 5.97 Å². The lowest BCUT2D eigenvalue weighted by Crippen LogP contribution is -2.45. The monoisotopic (exact) mass is 522 g/mol. The fraction of sp³-hybridized carbons (Fsp3) is 0.640. The number of benzene rings is 1. The van der Waals surface area contributed by atoms with Crippen LogP contribution in [0.2, 0.25) is 0 Å². The van der Waals surface area contributed by atoms with Gasteiger partial charge in [-0.1, -0.05) is 13.8 Å². The molecule has 1 fully saturated rings. The van der Waals surface area contributed by atoms with Crippen LogP contribution in [-0.2, 0) is 19.6 Å². The van der Waals surface area contributed by atoms with Gasteiger partial charge in [-0.25, -0.2) is 23.1 Å². The predicted octanol–water partition coefficient (Wildman–Crippen LogP) is 3.15. The molecule has 1 saturated heterocycles. The standard InChI is InChI=1S/C25H38N4O6S/c1-24(2,3)35-22(30)14-36(31,32)28-15-25(4,5)17-8-10-29(11-9-17)23-18-12-20(33-6)21(34-7)13-19(18)26-16-27-23/h12-13,16-17,28H,8-11,14-15H2,1-7H3. The van der Waals surface area contributed by atoms with E-state index in [1.54, 1.807) is 41.3 Å². The molecule has 2 heterocycles. The van der Waals surface area contributed by atoms with Gasteiger partial charge < -0.3 is 19.1 Å². The number of sulfonamides is 1. The summed E-state index contributed by atoms with van der Waals surface area (Å²) in [5.74, 6) is 0.928. The Bertz CT molecular complexity index is 1180. The Hall–Kier alpha value is -2.66. The molecule has 1 aliphatic heterocycles. The number of anilines is 1. The molecule has 1 aromatic carbocycles. The van der Waals surface area contributed by atoms with Gasteiger partial charge in [0.15, 0.2) is 17.3 Å². The molecule has 1 aromatic heterocycles. The second-order valence-corrected chi connectivity index (χ2v) is 12.6. The highest BCUT2D eigenvalue weighted by atomic mass is 32.2. The first-order valence-electron chi connectivity index (χ1n) is 12.1. The largest absolute Gasteiger partial charge is 0.493 e. The molecule has 3 rings (SSSR count). The second-order valence-electron chi connectivity index (χ2n) is 10.8. The maximum Gasteiger partial charge on any atom is 0.323 e. The first-order chi connectivity index (χ1) is 16.7. The minimum Gasteiger partial charge on any atom is -0.493 e. The number of hydrogen-bond acceptors (Lipinski definition) is 9. The van der Waals surface area contributed by atoms with E-state index in [-0.39, 0.29) is 12.0 Å². The molecule has 2 aromatic rings. The van der Waals surface area contributed by atoms with Gasteiger partial charge in [0, 0.05) is 31.1 Å². The van der Waals surface area contributed by atoms with Crippen molar-refractivity contribution in [1.29, 1.82) is 0 Å². The smallest absolute Gasteiger partial charge is 0.323 e. The molecule has 0 spiro atoms. The fourth-order valence-corrected chi connectivity index (χ4v) is 5.57. The van der Waals surface area contributed by atoms with Crippen LogP contribution in [0.4, 0.5) is 5.82 Å². The number of ether oxygens (including phenoxy) is 3. The zero-order valence-electron chi connectivity index (χ0n) is 22.3. The van der Waals surface area contributed by atoms with E-state index in [1.165, 1.54) is 0 Å². The van der Waals surface area contributed by atoms with Gasteiger partial charge in [0.25, 0.3) is 0 Å². The van der Waals surface area contributed by atoms with E-state index < -0.39 is 27.3 Å². The van der Waals surface area contributed by atoms with Crippen LogP contribution in [0.15, 0.2) is 18.5 Å². The number of hydrogen-bond donors (Lipinski definition) is 1. The van der Waals surface area contributed by atoms with Crippen molar-refractivity contribution in [2.24, 2.45) is 11.3 Å². The summed E-state index contributed by atoms with van der Waals surface area (Å²) in [6, 6.07) is 3.75. The molecule has 0 atom stereocenters. The van der Waals surface area contributed by atoms with Crippen LogP contribution in [0, 0.1) is 11.3 Å². The number of methoxy groups -OCH3 is 2. The molecule has 0 amide bonds. The van der Waals surface area contributed by atoms with E-state index in [2.05, 4.69) is 33.4 Å². The highest BCUT2D eigenvalue weighted by Gasteiger charge is 2.35. The van der Waals surface area contributed by atoms with E-state index in [0.717, 1.165) is 42.7 Å². The van der Waals surface area contributed by atoms with Crippen LogP contribution in [-0.4, -0.2) is 69.6 Å². The third-order valence-corrected chi connectivity index (χ3v) is 7.69. The third-order valence-electron chi connectivity index (χ3n) is 6.49. The number of carbonyl (C=O) groups excluding carboxylic acids is 1. The quantitative estimate of drug-likeness (QED) is 0.495. The Morgan fingerprint density at radius 3 is 2.25 bits per heavy atom. The molecule has 36 heavy (non-hydrogen) atoms. The highest BCUT2D eigenvalue weighted by Crippen LogP contribution is 2.38. The topological polar surface area (TPSA) is 120 Å². The lowest BCUT2D eigenvalue weighted by atomic mass is 9.74. The van der Waals surface area contributed by atoms with Gasteiger partial charge in [0.05, 0.1) is 19.7 Å². The number of nitrogens with one attached hydrogen (secondary N) is 1. The lowest BCUT2D eigenvalue weighted by Gasteiger charge is -2.41. The number of rotatable bonds is 9. The van der Waals surface area contributed by atoms with Gasteiger partial charge in [-0.3, -0.25) is 4.79 Å². The van der Waals surface area contributed by atoms with Crippen molar-refractivity contribution in [3.63, 3.8) is 0 Å². The maximum absolute atomic E-state index is 12.5. The summed E-state index contributed by atoms with van der Waals surface area (Å²) in [4.78, 5) is 23.1. The van der Waals surface area contributed by atoms with E-state index >= 15 is 0 Å². The van der Waals surface area contributed by atoms with Gasteiger partial charge in [0.2, 0.25) is 10.0 Å². The van der Waals surface area contributed by atoms with Gasteiger partial charge in [-0.2, -0.15) is 0 Å². The number of piperidine rings is 1. The first kappa shape index (κ1) is 27.9. The molecule has 0 radical (unpaired) electrons. The average molecular weight is 523 g/mol. The number of esters is 1. The summed E-state index contributed by atoms with van der Waals surface area (Å²) < 4.78 is 43.5. The summed E-state index contributed by atoms with van der Waals surface area (Å²) in [7, 11) is -0.597. The first-order valence-corrected chi connectivity index (χ1v) is 13.7. The van der Waals surface area contributed by atoms with Crippen LogP contribution in [0.1, 0.15) is 47.5 Å². The Kier molecular flexibility index (Phi) is 8.34. The molecule has 0 aliphatic carbocycles. The zero-order valence-corrected chi connectivity index (χ0v) is 23.1. The summed E-state index contributed by atoms with van der Waals surface area (Å²) >= 11 is 0. The Morgan fingerprint density at radius 1 is 1.06 bits per heavy atom. The summed E-state index contributed by atoms with van der Waals surface area (Å²) in [6.45, 7) is 11.0. The molecule has 10 nitrogen and oxygen atoms in total. The van der Waals surface area contributed by atoms with Crippen LogP contribution in [0.3, 0.4) is 0 Å². The molecular weight excluding hydrogens is 484 g/mol. The number of carbonyl (C=O) groups is 1. The minimum absolute atomic E-state index is 0.246. The van der Waals surface area contributed by atoms with Crippen molar-refractivity contribution in [3.8, 4) is 11.5 Å². The lowest BCUT2D eigenvalue weighted by molar-refractivity contribution is -0.151. The number of aromatic nitrogens is 2. The van der Waals surface area contributed by atoms with Crippen LogP contribution < -0.4 is 19.1 Å². The number of fused-ring (bicyclic) bond motifs is 1. The number of nitrogens with zero attached hydrogens (tertiary/aromatic N) is 3. The summed E-state index contributed by atoms with van der Waals surface area (Å²) in [5.41, 5.74) is -0.247. The van der Waals surface area contributed by atoms with Crippen LogP contribution in [0.25, 0.3) is 10.9 Å². The molecule has 0 bridgehead atoms. The minimum atomic E-state index is -3.79. The predicted molar refractivity (Wildman–Crippen MR) is 139 cm³/mol. The normalized spacial score (nSPS) is 15.7. The Balaban J connectivity index is 1.64. The fourth-order valence-electron chi connectivity index (χ4n) is 4.51. The van der Waals surface area contributed by atoms with E-state index in [1.807, 2.05) is 12.1 Å². The highest BCUT2D eigenvalue weighted by molar-refractivity contribution is 7.90. The van der Waals surface area contributed by atoms with E-state index in [4.69, 9.17) is 14.2 Å². The molecule has 0 saturated carbocycles. The van der Waals surface area contributed by atoms with E-state index in [0.29, 0.717) is 17.4 Å². The summed E-state index contributed by atoms with van der Waals surface area (Å²) in [6.07, 6.45) is 3.30. The third kappa shape index (κ3) is 6.97. The molecule has 1 aliphatic rings. The molecule has 0 unspecified atom stereocenters. The molecule has 200 valence electrons. The molecule has 1 N–H and O–H groups in total. The van der Waals surface area contributed by atoms with Crippen molar-refractivity contribution in [3.05, 3.63) is 18.5 Å². The zero-order chi connectivity index (χ0) is 26.7. The maximum atomic E-state index is 12.5. The SMILES string of the molecule is COc1cc2ncnc(N3CCC(C(C)(C)CNS(=O)(=O)CC(=O)OC(C)(C)C)CC3)c2cc1OC. The van der Waals surface area contributed by atoms with E-state index in [9.17, 15) is 13.2 Å². The molecular formula is C25H38N4O6S. The van der Waals surface area contributed by atoms with Crippen LogP contribution in [0.5, 0.6) is 11.5 Å². The van der Waals surface area contributed by atoms with Gasteiger partial charge in [-0.05, 0) is 51.0 Å². The average Bonchev–Trinajstić information content (AvgIpc) is 2.80.